The van der Waals surface area contributed by atoms with Crippen molar-refractivity contribution < 1.29 is 4.57 Å². The Labute approximate surface area is 826 Å². The molecule has 0 aliphatic rings. The number of rotatable bonds is 13. The summed E-state index contributed by atoms with van der Waals surface area (Å²) in [6, 6.07) is 166. The molecule has 0 fully saturated rings. The van der Waals surface area contributed by atoms with Gasteiger partial charge < -0.3 is 9.46 Å². The molecule has 0 atom stereocenters. The normalized spacial score (nSPS) is 11.8. The first-order chi connectivity index (χ1) is 71.3. The molecular formula is C129H82N13OP. The highest BCUT2D eigenvalue weighted by molar-refractivity contribution is 7.85. The topological polar surface area (TPSA) is 150 Å². The highest BCUT2D eigenvalue weighted by Gasteiger charge is 2.31. The summed E-state index contributed by atoms with van der Waals surface area (Å²) in [4.78, 5) is 47.0. The predicted octanol–water partition coefficient (Wildman–Crippen LogP) is 31.0. The Balaban J connectivity index is 0.000000108. The molecule has 10 heterocycles. The minimum absolute atomic E-state index is 0.636. The van der Waals surface area contributed by atoms with Crippen LogP contribution >= 0.6 is 7.14 Å². The van der Waals surface area contributed by atoms with Crippen molar-refractivity contribution in [3.05, 3.63) is 498 Å². The predicted molar refractivity (Wildman–Crippen MR) is 595 cm³/mol. The van der Waals surface area contributed by atoms with Crippen LogP contribution < -0.4 is 20.8 Å². The lowest BCUT2D eigenvalue weighted by Gasteiger charge is -2.26. The van der Waals surface area contributed by atoms with E-state index in [4.69, 9.17) is 44.9 Å². The van der Waals surface area contributed by atoms with Gasteiger partial charge in [0.05, 0.1) is 82.4 Å². The number of fused-ring (bicyclic) bond motifs is 30. The van der Waals surface area contributed by atoms with E-state index in [9.17, 15) is 4.57 Å². The molecule has 144 heavy (non-hydrogen) atoms. The van der Waals surface area contributed by atoms with Crippen molar-refractivity contribution in [3.8, 4) is 78.7 Å². The molecule has 0 amide bonds. The van der Waals surface area contributed by atoms with E-state index in [0.29, 0.717) is 17.5 Å². The molecule has 674 valence electrons. The molecule has 19 aromatic carbocycles. The molecule has 14 nitrogen and oxygen atoms in total. The molecular weight excluding hydrogens is 1780 g/mol. The second-order valence-corrected chi connectivity index (χ2v) is 39.0. The van der Waals surface area contributed by atoms with Crippen LogP contribution in [0.15, 0.2) is 498 Å². The zero-order chi connectivity index (χ0) is 95.3. The number of imidazole rings is 3. The largest absolute Gasteiger partial charge is 0.310 e. The van der Waals surface area contributed by atoms with Gasteiger partial charge in [-0.3, -0.25) is 28.2 Å². The lowest BCUT2D eigenvalue weighted by atomic mass is 9.98. The summed E-state index contributed by atoms with van der Waals surface area (Å²) in [5.41, 5.74) is 30.2. The van der Waals surface area contributed by atoms with Crippen LogP contribution in [0.25, 0.3) is 226 Å². The van der Waals surface area contributed by atoms with Gasteiger partial charge in [-0.05, 0) is 164 Å². The summed E-state index contributed by atoms with van der Waals surface area (Å²) < 4.78 is 21.8. The van der Waals surface area contributed by atoms with Gasteiger partial charge >= 0.3 is 0 Å². The smallest absolute Gasteiger partial charge is 0.171 e. The summed E-state index contributed by atoms with van der Waals surface area (Å²) in [6.07, 6.45) is 5.59. The highest BCUT2D eigenvalue weighted by atomic mass is 31.2. The molecule has 10 aromatic heterocycles. The molecule has 0 unspecified atom stereocenters. The third-order valence-electron chi connectivity index (χ3n) is 28.0. The Bertz CT molecular complexity index is 9980. The number of pyridine rings is 6. The van der Waals surface area contributed by atoms with Gasteiger partial charge in [-0.2, -0.15) is 0 Å². The van der Waals surface area contributed by atoms with Gasteiger partial charge in [-0.1, -0.05) is 376 Å². The number of aromatic nitrogens is 12. The van der Waals surface area contributed by atoms with Crippen molar-refractivity contribution in [1.29, 1.82) is 0 Å². The Kier molecular flexibility index (Phi) is 20.5. The number of para-hydroxylation sites is 6. The van der Waals surface area contributed by atoms with Crippen LogP contribution in [0.2, 0.25) is 0 Å². The molecule has 0 N–H and O–H groups in total. The van der Waals surface area contributed by atoms with Crippen LogP contribution in [0.5, 0.6) is 0 Å². The van der Waals surface area contributed by atoms with E-state index in [1.165, 1.54) is 22.3 Å². The monoisotopic (exact) mass is 1860 g/mol. The maximum Gasteiger partial charge on any atom is 0.171 e. The molecule has 0 aliphatic carbocycles. The first kappa shape index (κ1) is 84.2. The van der Waals surface area contributed by atoms with Gasteiger partial charge in [0.25, 0.3) is 0 Å². The maximum absolute atomic E-state index is 14.9. The van der Waals surface area contributed by atoms with Crippen molar-refractivity contribution in [2.75, 3.05) is 4.90 Å². The third kappa shape index (κ3) is 14.5. The van der Waals surface area contributed by atoms with E-state index in [1.807, 2.05) is 182 Å². The fraction of sp³-hybridized carbons (Fsp3) is 0. The number of anilines is 3. The molecule has 0 saturated heterocycles. The summed E-state index contributed by atoms with van der Waals surface area (Å²) in [7, 11) is -3.04. The quantitative estimate of drug-likeness (QED) is 0.0802. The molecule has 0 bridgehead atoms. The van der Waals surface area contributed by atoms with E-state index >= 15 is 0 Å². The Morgan fingerprint density at radius 3 is 0.833 bits per heavy atom. The molecule has 0 radical (unpaired) electrons. The van der Waals surface area contributed by atoms with Crippen molar-refractivity contribution in [3.63, 3.8) is 0 Å². The third-order valence-corrected chi connectivity index (χ3v) is 31.0. The second kappa shape index (κ2) is 35.1. The average molecular weight is 1860 g/mol. The van der Waals surface area contributed by atoms with Crippen LogP contribution in [-0.2, 0) is 4.57 Å². The Hall–Kier alpha value is -19.1. The Morgan fingerprint density at radius 1 is 0.194 bits per heavy atom. The summed E-state index contributed by atoms with van der Waals surface area (Å²) in [5.74, 6) is 1.93. The summed E-state index contributed by atoms with van der Waals surface area (Å²) in [6.45, 7) is 0. The first-order valence-corrected chi connectivity index (χ1v) is 49.9. The number of nitrogens with zero attached hydrogens (tertiary/aromatic N) is 13. The number of hydrogen-bond donors (Lipinski definition) is 0. The number of hydrogen-bond acceptors (Lipinski definition) is 11. The van der Waals surface area contributed by atoms with Crippen molar-refractivity contribution >= 4 is 188 Å². The van der Waals surface area contributed by atoms with Gasteiger partial charge in [0.15, 0.2) is 24.6 Å². The van der Waals surface area contributed by atoms with E-state index in [2.05, 4.69) is 334 Å². The van der Waals surface area contributed by atoms with Crippen LogP contribution in [0, 0.1) is 0 Å². The fourth-order valence-electron chi connectivity index (χ4n) is 21.1. The first-order valence-electron chi connectivity index (χ1n) is 48.2. The van der Waals surface area contributed by atoms with Crippen molar-refractivity contribution in [2.45, 2.75) is 0 Å². The summed E-state index contributed by atoms with van der Waals surface area (Å²) >= 11 is 0. The molecule has 15 heteroatoms. The van der Waals surface area contributed by atoms with Gasteiger partial charge in [0.1, 0.15) is 16.9 Å². The molecule has 0 saturated carbocycles. The molecule has 29 rings (SSSR count). The van der Waals surface area contributed by atoms with Crippen LogP contribution in [0.1, 0.15) is 0 Å². The van der Waals surface area contributed by atoms with E-state index in [1.54, 1.807) is 0 Å². The minimum Gasteiger partial charge on any atom is -0.310 e. The van der Waals surface area contributed by atoms with Gasteiger partial charge in [-0.25, -0.2) is 29.9 Å². The zero-order valence-electron chi connectivity index (χ0n) is 77.5. The average Bonchev–Trinajstić information content (AvgIpc) is 1.53. The fourth-order valence-corrected chi connectivity index (χ4v) is 23.7. The van der Waals surface area contributed by atoms with Crippen molar-refractivity contribution in [1.82, 2.24) is 58.1 Å². The lowest BCUT2D eigenvalue weighted by Crippen LogP contribution is -2.24. The lowest BCUT2D eigenvalue weighted by molar-refractivity contribution is 0.592. The molecule has 0 aliphatic heterocycles. The second-order valence-electron chi connectivity index (χ2n) is 36.2. The zero-order valence-corrected chi connectivity index (χ0v) is 78.4. The van der Waals surface area contributed by atoms with Crippen molar-refractivity contribution in [2.24, 2.45) is 0 Å². The van der Waals surface area contributed by atoms with E-state index in [0.717, 1.165) is 220 Å². The Morgan fingerprint density at radius 2 is 0.458 bits per heavy atom. The minimum atomic E-state index is -3.04. The van der Waals surface area contributed by atoms with E-state index in [-0.39, 0.29) is 0 Å². The maximum atomic E-state index is 14.9. The van der Waals surface area contributed by atoms with E-state index < -0.39 is 7.14 Å². The van der Waals surface area contributed by atoms with Crippen LogP contribution in [0.4, 0.5) is 17.1 Å². The van der Waals surface area contributed by atoms with Gasteiger partial charge in [0.2, 0.25) is 0 Å². The van der Waals surface area contributed by atoms with Crippen LogP contribution in [-0.4, -0.2) is 58.1 Å². The summed E-state index contributed by atoms with van der Waals surface area (Å²) in [5, 5.41) is 15.9. The number of benzene rings is 19. The van der Waals surface area contributed by atoms with Gasteiger partial charge in [-0.15, -0.1) is 0 Å². The van der Waals surface area contributed by atoms with Gasteiger partial charge in [0, 0.05) is 101 Å². The SMILES string of the molecule is O=P(c1ccccc1)(c1ccccc1)c1ccc(-c2ccc3c4ccc5cccnc5c4c4nc5ccccc5n4c3c2)cc1.c1ccc(-c2ccc(N(c3ccc(-c4ccccc4)cc3)c3ccc4c5ccc6cccnc6c5c5nc6ccccc6n5c4c3)cc2)cc1.c1ccc(-c2nc(-c3ccccc3)nc(-c3ccc(-c4ccc5c6ccc7cccnc7c6c6nc7ccccc7n6c5c4)cc3)n2)cc1. The molecule has 29 aromatic rings. The highest BCUT2D eigenvalue weighted by Crippen LogP contribution is 2.47. The standard InChI is InChI=1S/C46H30N4.C43H26N6.C40H26N3OP/c1-3-10-31(11-4-1)33-17-22-36(23-18-33)49(37-24-19-34(20-25-37)32-12-5-2-6-13-32)38-26-28-39-40-27-21-35-14-9-29-47-45(35)44(40)46-48-41-15-7-8-16-42(41)50(46)43(39)30-38;1-3-10-29(11-4-1)40-46-41(30-12-5-2-6-13-30)48-42(47-40)31-19-17-27(18-20-31)32-22-23-33-34-24-21-28-14-9-25-44-39(28)38(34)43-45-35-15-7-8-16-36(35)49(43)37(33)26-32;44-45(30-11-3-1-4-12-30,31-13-5-2-6-14-31)32-21-17-27(18-22-32)29-20-23-33-34-24-19-28-10-9-25-41-39(28)38(34)40-42-35-15-7-8-16-36(35)43(40)37(33)26-29/h1-30H;1-26H;1-26H. The van der Waals surface area contributed by atoms with Crippen LogP contribution in [0.3, 0.4) is 0 Å². The molecule has 0 spiro atoms.